The zero-order chi connectivity index (χ0) is 14.3. The summed E-state index contributed by atoms with van der Waals surface area (Å²) in [6, 6.07) is 0.155. The van der Waals surface area contributed by atoms with Gasteiger partial charge in [0.05, 0.1) is 17.1 Å². The molecule has 1 aliphatic carbocycles. The van der Waals surface area contributed by atoms with E-state index in [-0.39, 0.29) is 22.8 Å². The molecule has 0 aromatic carbocycles. The average molecular weight is 280 g/mol. The van der Waals surface area contributed by atoms with E-state index >= 15 is 0 Å². The zero-order valence-corrected chi connectivity index (χ0v) is 11.8. The summed E-state index contributed by atoms with van der Waals surface area (Å²) in [4.78, 5) is 10.9. The van der Waals surface area contributed by atoms with Crippen molar-refractivity contribution in [3.05, 3.63) is 15.8 Å². The Bertz CT molecular complexity index is 524. The van der Waals surface area contributed by atoms with E-state index in [9.17, 15) is 10.1 Å². The Morgan fingerprint density at radius 1 is 1.50 bits per heavy atom. The fourth-order valence-corrected chi connectivity index (χ4v) is 2.99. The summed E-state index contributed by atoms with van der Waals surface area (Å²) >= 11 is 0. The van der Waals surface area contributed by atoms with Crippen LogP contribution in [0.1, 0.15) is 31.9 Å². The number of nitrogens with one attached hydrogen (secondary N) is 1. The molecule has 2 unspecified atom stereocenters. The van der Waals surface area contributed by atoms with Crippen LogP contribution in [0.15, 0.2) is 0 Å². The fraction of sp³-hybridized carbons (Fsp3) is 0.769. The molecule has 2 fully saturated rings. The second-order valence-electron chi connectivity index (χ2n) is 5.57. The molecule has 1 saturated carbocycles. The van der Waals surface area contributed by atoms with E-state index in [0.29, 0.717) is 24.0 Å². The lowest BCUT2D eigenvalue weighted by Gasteiger charge is -2.20. The highest BCUT2D eigenvalue weighted by molar-refractivity contribution is 5.60. The number of nitro groups is 1. The predicted octanol–water partition coefficient (Wildman–Crippen LogP) is 2.10. The summed E-state index contributed by atoms with van der Waals surface area (Å²) < 4.78 is 7.46. The molecule has 2 atom stereocenters. The maximum Gasteiger partial charge on any atom is 0.333 e. The van der Waals surface area contributed by atoms with E-state index in [1.54, 1.807) is 11.6 Å². The Morgan fingerprint density at radius 3 is 2.85 bits per heavy atom. The van der Waals surface area contributed by atoms with E-state index in [4.69, 9.17) is 4.74 Å². The Labute approximate surface area is 117 Å². The summed E-state index contributed by atoms with van der Waals surface area (Å²) in [5, 5.41) is 18.8. The van der Waals surface area contributed by atoms with Crippen molar-refractivity contribution in [1.82, 2.24) is 9.78 Å². The van der Waals surface area contributed by atoms with E-state index in [1.165, 1.54) is 12.8 Å². The third kappa shape index (κ3) is 2.26. The highest BCUT2D eigenvalue weighted by Gasteiger charge is 2.42. The van der Waals surface area contributed by atoms with Gasteiger partial charge < -0.3 is 10.1 Å². The maximum absolute atomic E-state index is 11.3. The normalized spacial score (nSPS) is 25.9. The predicted molar refractivity (Wildman–Crippen MR) is 73.8 cm³/mol. The van der Waals surface area contributed by atoms with Crippen LogP contribution in [0.5, 0.6) is 0 Å². The van der Waals surface area contributed by atoms with Crippen molar-refractivity contribution in [2.75, 3.05) is 11.9 Å². The summed E-state index contributed by atoms with van der Waals surface area (Å²) in [6.45, 7) is 4.95. The molecule has 0 spiro atoms. The van der Waals surface area contributed by atoms with Gasteiger partial charge in [0.15, 0.2) is 0 Å². The van der Waals surface area contributed by atoms with Gasteiger partial charge in [0, 0.05) is 13.2 Å². The van der Waals surface area contributed by atoms with Crippen molar-refractivity contribution >= 4 is 11.5 Å². The number of nitrogens with zero attached hydrogens (tertiary/aromatic N) is 3. The number of anilines is 1. The van der Waals surface area contributed by atoms with Crippen LogP contribution < -0.4 is 5.32 Å². The monoisotopic (exact) mass is 280 g/mol. The molecular weight excluding hydrogens is 260 g/mol. The van der Waals surface area contributed by atoms with Crippen LogP contribution in [0.2, 0.25) is 0 Å². The number of hydrogen-bond donors (Lipinski definition) is 1. The summed E-state index contributed by atoms with van der Waals surface area (Å²) in [6.07, 6.45) is 3.50. The Kier molecular flexibility index (Phi) is 3.37. The SMILES string of the molecule is CCn1nc(C)c([N+](=O)[O-])c1NC1CCOC1C1CC1. The van der Waals surface area contributed by atoms with Crippen molar-refractivity contribution in [3.8, 4) is 0 Å². The average Bonchev–Trinajstić information content (AvgIpc) is 3.06. The van der Waals surface area contributed by atoms with Gasteiger partial charge >= 0.3 is 5.69 Å². The molecular formula is C13H20N4O3. The molecule has 0 amide bonds. The molecule has 1 aromatic heterocycles. The van der Waals surface area contributed by atoms with Gasteiger partial charge in [-0.25, -0.2) is 4.68 Å². The quantitative estimate of drug-likeness (QED) is 0.659. The molecule has 1 saturated heterocycles. The molecule has 2 aliphatic rings. The first-order valence-electron chi connectivity index (χ1n) is 7.21. The van der Waals surface area contributed by atoms with Crippen LogP contribution in [-0.2, 0) is 11.3 Å². The molecule has 1 aromatic rings. The smallest absolute Gasteiger partial charge is 0.333 e. The highest BCUT2D eigenvalue weighted by Crippen LogP contribution is 2.40. The summed E-state index contributed by atoms with van der Waals surface area (Å²) in [7, 11) is 0. The first-order chi connectivity index (χ1) is 9.61. The third-order valence-electron chi connectivity index (χ3n) is 4.12. The Morgan fingerprint density at radius 2 is 2.25 bits per heavy atom. The van der Waals surface area contributed by atoms with Gasteiger partial charge in [0.1, 0.15) is 5.69 Å². The Balaban J connectivity index is 1.87. The van der Waals surface area contributed by atoms with E-state index in [2.05, 4.69) is 10.4 Å². The second kappa shape index (κ2) is 5.05. The van der Waals surface area contributed by atoms with Crippen LogP contribution in [0.25, 0.3) is 0 Å². The minimum Gasteiger partial charge on any atom is -0.376 e. The molecule has 110 valence electrons. The van der Waals surface area contributed by atoms with Crippen LogP contribution >= 0.6 is 0 Å². The molecule has 1 aliphatic heterocycles. The molecule has 3 rings (SSSR count). The molecule has 1 N–H and O–H groups in total. The zero-order valence-electron chi connectivity index (χ0n) is 11.8. The van der Waals surface area contributed by atoms with Crippen LogP contribution in [0.3, 0.4) is 0 Å². The van der Waals surface area contributed by atoms with Crippen LogP contribution in [-0.4, -0.2) is 33.5 Å². The minimum absolute atomic E-state index is 0.0910. The van der Waals surface area contributed by atoms with E-state index in [0.717, 1.165) is 13.0 Å². The Hall–Kier alpha value is -1.63. The highest BCUT2D eigenvalue weighted by atomic mass is 16.6. The van der Waals surface area contributed by atoms with Crippen molar-refractivity contribution in [3.63, 3.8) is 0 Å². The number of ether oxygens (including phenoxy) is 1. The third-order valence-corrected chi connectivity index (χ3v) is 4.12. The van der Waals surface area contributed by atoms with E-state index in [1.807, 2.05) is 6.92 Å². The van der Waals surface area contributed by atoms with Crippen LogP contribution in [0, 0.1) is 23.0 Å². The second-order valence-corrected chi connectivity index (χ2v) is 5.57. The molecule has 7 heteroatoms. The van der Waals surface area contributed by atoms with Crippen molar-refractivity contribution in [1.29, 1.82) is 0 Å². The summed E-state index contributed by atoms with van der Waals surface area (Å²) in [5.41, 5.74) is 0.550. The molecule has 7 nitrogen and oxygen atoms in total. The number of aromatic nitrogens is 2. The van der Waals surface area contributed by atoms with Gasteiger partial charge in [0.25, 0.3) is 0 Å². The largest absolute Gasteiger partial charge is 0.376 e. The number of aryl methyl sites for hydroxylation is 2. The first kappa shape index (κ1) is 13.4. The van der Waals surface area contributed by atoms with Gasteiger partial charge in [-0.3, -0.25) is 10.1 Å². The van der Waals surface area contributed by atoms with Gasteiger partial charge in [-0.1, -0.05) is 0 Å². The number of rotatable bonds is 5. The molecule has 0 bridgehead atoms. The van der Waals surface area contributed by atoms with Gasteiger partial charge in [-0.05, 0) is 39.0 Å². The lowest BCUT2D eigenvalue weighted by molar-refractivity contribution is -0.384. The maximum atomic E-state index is 11.3. The van der Waals surface area contributed by atoms with Crippen molar-refractivity contribution in [2.45, 2.75) is 51.8 Å². The lowest BCUT2D eigenvalue weighted by atomic mass is 10.1. The lowest BCUT2D eigenvalue weighted by Crippen LogP contribution is -2.32. The van der Waals surface area contributed by atoms with Crippen molar-refractivity contribution in [2.24, 2.45) is 5.92 Å². The summed E-state index contributed by atoms with van der Waals surface area (Å²) in [5.74, 6) is 1.14. The fourth-order valence-electron chi connectivity index (χ4n) is 2.99. The minimum atomic E-state index is -0.348. The molecule has 2 heterocycles. The first-order valence-corrected chi connectivity index (χ1v) is 7.21. The molecule has 20 heavy (non-hydrogen) atoms. The molecule has 0 radical (unpaired) electrons. The van der Waals surface area contributed by atoms with Gasteiger partial charge in [0.2, 0.25) is 5.82 Å². The standard InChI is InChI=1S/C13H20N4O3/c1-3-16-13(11(17(18)19)8(2)15-16)14-10-6-7-20-12(10)9-4-5-9/h9-10,12,14H,3-7H2,1-2H3. The van der Waals surface area contributed by atoms with Crippen molar-refractivity contribution < 1.29 is 9.66 Å². The topological polar surface area (TPSA) is 82.2 Å². The number of hydrogen-bond acceptors (Lipinski definition) is 5. The van der Waals surface area contributed by atoms with Crippen LogP contribution in [0.4, 0.5) is 11.5 Å². The van der Waals surface area contributed by atoms with Gasteiger partial charge in [-0.15, -0.1) is 0 Å². The van der Waals surface area contributed by atoms with E-state index < -0.39 is 0 Å². The van der Waals surface area contributed by atoms with Gasteiger partial charge in [-0.2, -0.15) is 5.10 Å².